The molecule has 7 heteroatoms. The van der Waals surface area contributed by atoms with Gasteiger partial charge in [-0.3, -0.25) is 0 Å². The minimum atomic E-state index is -4.38. The first kappa shape index (κ1) is 8.93. The van der Waals surface area contributed by atoms with Gasteiger partial charge in [-0.1, -0.05) is 0 Å². The molecule has 0 aliphatic carbocycles. The smallest absolute Gasteiger partial charge is 0.204 e. The number of halogens is 3. The summed E-state index contributed by atoms with van der Waals surface area (Å²) in [6, 6.07) is 2.83. The van der Waals surface area contributed by atoms with Crippen LogP contribution in [-0.4, -0.2) is 14.7 Å². The van der Waals surface area contributed by atoms with Gasteiger partial charge in [0.15, 0.2) is 5.69 Å². The van der Waals surface area contributed by atoms with Crippen molar-refractivity contribution < 1.29 is 13.2 Å². The van der Waals surface area contributed by atoms with Gasteiger partial charge in [0.05, 0.1) is 11.9 Å². The first-order valence-electron chi connectivity index (χ1n) is 2.73. The number of hydrogen-bond acceptors (Lipinski definition) is 3. The average Bonchev–Trinajstić information content (AvgIpc) is 2.32. The fourth-order valence-corrected chi connectivity index (χ4v) is 0.986. The van der Waals surface area contributed by atoms with Crippen LogP contribution in [0.1, 0.15) is 5.69 Å². The summed E-state index contributed by atoms with van der Waals surface area (Å²) in [5.74, 6) is 0. The molecule has 0 aromatic carbocycles. The molecule has 1 rings (SSSR count). The Morgan fingerprint density at radius 1 is 1.58 bits per heavy atom. The van der Waals surface area contributed by atoms with Crippen LogP contribution in [0, 0.1) is 11.3 Å². The molecular weight excluding hydrogens is 191 g/mol. The summed E-state index contributed by atoms with van der Waals surface area (Å²) in [7, 11) is 0. The van der Waals surface area contributed by atoms with E-state index >= 15 is 0 Å². The van der Waals surface area contributed by atoms with Crippen LogP contribution in [0.2, 0.25) is 0 Å². The maximum Gasteiger partial charge on any atom is 0.463 e. The van der Waals surface area contributed by atoms with Crippen molar-refractivity contribution in [1.29, 1.82) is 5.26 Å². The topological polar surface area (TPSA) is 41.6 Å². The van der Waals surface area contributed by atoms with Gasteiger partial charge in [-0.2, -0.15) is 23.5 Å². The van der Waals surface area contributed by atoms with E-state index in [1.54, 1.807) is 6.07 Å². The highest BCUT2D eigenvalue weighted by Gasteiger charge is 2.30. The summed E-state index contributed by atoms with van der Waals surface area (Å²) in [6.45, 7) is 0. The van der Waals surface area contributed by atoms with Crippen molar-refractivity contribution in [2.24, 2.45) is 0 Å². The number of alkyl halides is 3. The number of nitrogens with zero attached hydrogens (tertiary/aromatic N) is 3. The summed E-state index contributed by atoms with van der Waals surface area (Å²) in [4.78, 5) is 0. The maximum atomic E-state index is 11.7. The lowest BCUT2D eigenvalue weighted by Gasteiger charge is -2.02. The van der Waals surface area contributed by atoms with E-state index in [4.69, 9.17) is 5.26 Å². The lowest BCUT2D eigenvalue weighted by Crippen LogP contribution is -2.05. The van der Waals surface area contributed by atoms with Crippen molar-refractivity contribution in [3.8, 4) is 6.07 Å². The van der Waals surface area contributed by atoms with Gasteiger partial charge in [-0.05, 0) is 6.07 Å². The van der Waals surface area contributed by atoms with Crippen molar-refractivity contribution in [2.45, 2.75) is 5.51 Å². The predicted molar refractivity (Wildman–Crippen MR) is 36.0 cm³/mol. The summed E-state index contributed by atoms with van der Waals surface area (Å²) in [5.41, 5.74) is -4.41. The molecule has 64 valence electrons. The summed E-state index contributed by atoms with van der Waals surface area (Å²) >= 11 is -0.409. The third-order valence-corrected chi connectivity index (χ3v) is 1.48. The van der Waals surface area contributed by atoms with Crippen LogP contribution < -0.4 is 0 Å². The van der Waals surface area contributed by atoms with Crippen LogP contribution in [0.25, 0.3) is 0 Å². The van der Waals surface area contributed by atoms with Gasteiger partial charge in [0.1, 0.15) is 6.07 Å². The van der Waals surface area contributed by atoms with E-state index in [0.29, 0.717) is 4.09 Å². The Bertz CT molecular complexity index is 310. The van der Waals surface area contributed by atoms with E-state index in [-0.39, 0.29) is 5.69 Å². The van der Waals surface area contributed by atoms with Crippen molar-refractivity contribution in [1.82, 2.24) is 9.19 Å². The minimum absolute atomic E-state index is 0.0354. The Morgan fingerprint density at radius 3 is 2.67 bits per heavy atom. The maximum absolute atomic E-state index is 11.7. The second-order valence-corrected chi connectivity index (χ2v) is 2.77. The van der Waals surface area contributed by atoms with Crippen LogP contribution in [0.5, 0.6) is 0 Å². The quantitative estimate of drug-likeness (QED) is 0.682. The standard InChI is InChI=1S/C5H2F3N3S/c6-5(7,8)12-11-2-1-4(3-9)10-11/h1-2H. The van der Waals surface area contributed by atoms with Gasteiger partial charge in [-0.25, -0.2) is 4.09 Å². The van der Waals surface area contributed by atoms with Gasteiger partial charge in [0.2, 0.25) is 0 Å². The summed E-state index contributed by atoms with van der Waals surface area (Å²) < 4.78 is 35.6. The lowest BCUT2D eigenvalue weighted by molar-refractivity contribution is -0.0336. The van der Waals surface area contributed by atoms with E-state index in [9.17, 15) is 13.2 Å². The molecule has 1 aromatic rings. The van der Waals surface area contributed by atoms with Gasteiger partial charge in [0, 0.05) is 6.20 Å². The summed E-state index contributed by atoms with van der Waals surface area (Å²) in [5, 5.41) is 11.5. The van der Waals surface area contributed by atoms with E-state index in [1.807, 2.05) is 0 Å². The Balaban J connectivity index is 2.72. The molecule has 0 radical (unpaired) electrons. The molecule has 0 unspecified atom stereocenters. The predicted octanol–water partition coefficient (Wildman–Crippen LogP) is 1.77. The molecular formula is C5H2F3N3S. The molecule has 0 fully saturated rings. The number of nitriles is 1. The van der Waals surface area contributed by atoms with Crippen molar-refractivity contribution in [3.05, 3.63) is 18.0 Å². The number of rotatable bonds is 1. The highest BCUT2D eigenvalue weighted by molar-refractivity contribution is 7.98. The monoisotopic (exact) mass is 193 g/mol. The highest BCUT2D eigenvalue weighted by Crippen LogP contribution is 2.30. The van der Waals surface area contributed by atoms with E-state index in [2.05, 4.69) is 5.10 Å². The molecule has 1 aromatic heterocycles. The average molecular weight is 193 g/mol. The van der Waals surface area contributed by atoms with E-state index in [1.165, 1.54) is 6.07 Å². The van der Waals surface area contributed by atoms with Gasteiger partial charge >= 0.3 is 5.51 Å². The van der Waals surface area contributed by atoms with Crippen molar-refractivity contribution in [3.63, 3.8) is 0 Å². The van der Waals surface area contributed by atoms with E-state index < -0.39 is 17.5 Å². The Labute approximate surface area is 69.9 Å². The fraction of sp³-hybridized carbons (Fsp3) is 0.200. The fourth-order valence-electron chi connectivity index (χ4n) is 0.524. The summed E-state index contributed by atoms with van der Waals surface area (Å²) in [6.07, 6.45) is 1.08. The molecule has 0 spiro atoms. The molecule has 0 aliphatic rings. The van der Waals surface area contributed by atoms with Gasteiger partial charge in [0.25, 0.3) is 0 Å². The Morgan fingerprint density at radius 2 is 2.25 bits per heavy atom. The zero-order valence-electron chi connectivity index (χ0n) is 5.54. The molecule has 0 amide bonds. The molecule has 3 nitrogen and oxygen atoms in total. The third kappa shape index (κ3) is 2.47. The van der Waals surface area contributed by atoms with Crippen LogP contribution in [0.4, 0.5) is 13.2 Å². The second-order valence-electron chi connectivity index (χ2n) is 1.75. The lowest BCUT2D eigenvalue weighted by atomic mass is 10.5. The first-order chi connectivity index (χ1) is 5.51. The molecule has 1 heterocycles. The minimum Gasteiger partial charge on any atom is -0.204 e. The largest absolute Gasteiger partial charge is 0.463 e. The zero-order valence-corrected chi connectivity index (χ0v) is 6.35. The van der Waals surface area contributed by atoms with E-state index in [0.717, 1.165) is 6.20 Å². The van der Waals surface area contributed by atoms with Crippen LogP contribution in [0.15, 0.2) is 12.3 Å². The Kier molecular flexibility index (Phi) is 2.28. The third-order valence-electron chi connectivity index (χ3n) is 0.878. The normalized spacial score (nSPS) is 11.2. The van der Waals surface area contributed by atoms with Crippen LogP contribution in [0.3, 0.4) is 0 Å². The van der Waals surface area contributed by atoms with Crippen LogP contribution in [-0.2, 0) is 0 Å². The second kappa shape index (κ2) is 3.06. The van der Waals surface area contributed by atoms with Gasteiger partial charge < -0.3 is 0 Å². The molecule has 0 aliphatic heterocycles. The zero-order chi connectivity index (χ0) is 9.19. The number of aromatic nitrogens is 2. The molecule has 0 saturated carbocycles. The molecule has 0 saturated heterocycles. The molecule has 0 atom stereocenters. The van der Waals surface area contributed by atoms with Crippen LogP contribution >= 0.6 is 11.9 Å². The van der Waals surface area contributed by atoms with Gasteiger partial charge in [-0.15, -0.1) is 0 Å². The molecule has 0 N–H and O–H groups in total. The SMILES string of the molecule is N#Cc1ccn(SC(F)(F)F)n1. The molecule has 0 bridgehead atoms. The Hall–Kier alpha value is -1.16. The number of hydrogen-bond donors (Lipinski definition) is 0. The van der Waals surface area contributed by atoms with Crippen molar-refractivity contribution >= 4 is 11.9 Å². The van der Waals surface area contributed by atoms with Crippen molar-refractivity contribution in [2.75, 3.05) is 0 Å². The first-order valence-corrected chi connectivity index (χ1v) is 3.50. The molecule has 12 heavy (non-hydrogen) atoms. The highest BCUT2D eigenvalue weighted by atomic mass is 32.2.